The highest BCUT2D eigenvalue weighted by Gasteiger charge is 2.34. The Morgan fingerprint density at radius 2 is 1.83 bits per heavy atom. The average Bonchev–Trinajstić information content (AvgIpc) is 3.27. The van der Waals surface area contributed by atoms with E-state index in [1.165, 1.54) is 6.08 Å². The monoisotopic (exact) mass is 661 g/mol. The van der Waals surface area contributed by atoms with Gasteiger partial charge in [-0.25, -0.2) is 8.78 Å². The number of hydrogen-bond acceptors (Lipinski definition) is 7. The molecule has 11 nitrogen and oxygen atoms in total. The Kier molecular flexibility index (Phi) is 12.7. The van der Waals surface area contributed by atoms with Crippen molar-refractivity contribution in [1.82, 2.24) is 10.2 Å². The van der Waals surface area contributed by atoms with Gasteiger partial charge in [-0.05, 0) is 29.9 Å². The Bertz CT molecular complexity index is 1540. The lowest BCUT2D eigenvalue weighted by molar-refractivity contribution is -0.145. The van der Waals surface area contributed by atoms with Crippen LogP contribution in [-0.4, -0.2) is 77.9 Å². The van der Waals surface area contributed by atoms with Crippen LogP contribution >= 0.6 is 0 Å². The first-order valence-corrected chi connectivity index (χ1v) is 15.0. The molecular formula is C33H38F3N3O8. The molecule has 1 saturated heterocycles. The third-order valence-corrected chi connectivity index (χ3v) is 7.16. The second kappa shape index (κ2) is 16.2. The number of para-hydroxylation sites is 1. The number of nitrogens with zero attached hydrogens (tertiary/aromatic N) is 1. The molecule has 3 amide bonds. The predicted molar refractivity (Wildman–Crippen MR) is 165 cm³/mol. The number of halogens is 3. The normalized spacial score (nSPS) is 15.9. The number of benzene rings is 2. The van der Waals surface area contributed by atoms with Gasteiger partial charge < -0.3 is 30.1 Å². The van der Waals surface area contributed by atoms with Crippen LogP contribution in [0, 0.1) is 17.5 Å². The van der Waals surface area contributed by atoms with E-state index in [1.807, 2.05) is 32.9 Å². The quantitative estimate of drug-likeness (QED) is 0.242. The van der Waals surface area contributed by atoms with Crippen LogP contribution in [-0.2, 0) is 34.1 Å². The molecule has 3 N–H and O–H groups in total. The van der Waals surface area contributed by atoms with Gasteiger partial charge in [0.1, 0.15) is 18.5 Å². The zero-order valence-electron chi connectivity index (χ0n) is 26.5. The fraction of sp³-hybridized carbons (Fsp3) is 0.424. The van der Waals surface area contributed by atoms with Crippen molar-refractivity contribution in [3.63, 3.8) is 0 Å². The summed E-state index contributed by atoms with van der Waals surface area (Å²) in [4.78, 5) is 64.9. The lowest BCUT2D eigenvalue weighted by Crippen LogP contribution is -2.52. The molecule has 254 valence electrons. The highest BCUT2D eigenvalue weighted by molar-refractivity contribution is 6.39. The molecule has 0 aliphatic carbocycles. The Balaban J connectivity index is 1.72. The topological polar surface area (TPSA) is 151 Å². The summed E-state index contributed by atoms with van der Waals surface area (Å²) in [6, 6.07) is 5.62. The van der Waals surface area contributed by atoms with E-state index in [9.17, 15) is 42.3 Å². The van der Waals surface area contributed by atoms with Gasteiger partial charge in [-0.2, -0.15) is 4.39 Å². The molecule has 1 heterocycles. The fourth-order valence-corrected chi connectivity index (χ4v) is 4.78. The lowest BCUT2D eigenvalue weighted by Gasteiger charge is -2.26. The molecule has 1 aliphatic heterocycles. The van der Waals surface area contributed by atoms with E-state index < -0.39 is 83.4 Å². The summed E-state index contributed by atoms with van der Waals surface area (Å²) in [5, 5.41) is 14.2. The molecule has 2 aromatic carbocycles. The molecule has 1 aliphatic rings. The minimum atomic E-state index is -1.72. The summed E-state index contributed by atoms with van der Waals surface area (Å²) >= 11 is 0. The van der Waals surface area contributed by atoms with E-state index in [4.69, 9.17) is 9.47 Å². The maximum absolute atomic E-state index is 14.5. The first kappa shape index (κ1) is 36.7. The largest absolute Gasteiger partial charge is 0.482 e. The van der Waals surface area contributed by atoms with Crippen LogP contribution in [0.4, 0.5) is 18.9 Å². The van der Waals surface area contributed by atoms with Crippen molar-refractivity contribution < 1.29 is 51.7 Å². The zero-order chi connectivity index (χ0) is 34.9. The summed E-state index contributed by atoms with van der Waals surface area (Å²) in [5.41, 5.74) is 0.456. The van der Waals surface area contributed by atoms with E-state index >= 15 is 0 Å². The standard InChI is InChI=1S/C33H38F3N3O8/c1-5-6-10-19-21(34)15-22(35)28(36)29(19)47-18-25(40)24(16-27(41)42)38-30(43)26-17-39(13-9-14-46-26)32(45)31(44)37-23-12-8-7-11-20(23)33(2,3)4/h6-8,10-12,15,24,26H,5,9,13-14,16-18H2,1-4H3,(H,37,44)(H,38,43)(H,41,42)/b10-6+/t24-,26-/m0/s1. The Labute approximate surface area is 270 Å². The summed E-state index contributed by atoms with van der Waals surface area (Å²) in [6.45, 7) is 6.22. The summed E-state index contributed by atoms with van der Waals surface area (Å²) in [6.07, 6.45) is 0.993. The van der Waals surface area contributed by atoms with Gasteiger partial charge in [-0.15, -0.1) is 0 Å². The van der Waals surface area contributed by atoms with Gasteiger partial charge in [0.2, 0.25) is 5.82 Å². The average molecular weight is 662 g/mol. The maximum Gasteiger partial charge on any atom is 0.313 e. The summed E-state index contributed by atoms with van der Waals surface area (Å²) in [5.74, 6) is -10.5. The molecule has 14 heteroatoms. The van der Waals surface area contributed by atoms with E-state index in [0.29, 0.717) is 18.2 Å². The van der Waals surface area contributed by atoms with E-state index in [2.05, 4.69) is 10.6 Å². The van der Waals surface area contributed by atoms with Crippen LogP contribution in [0.3, 0.4) is 0 Å². The van der Waals surface area contributed by atoms with Crippen LogP contribution in [0.25, 0.3) is 6.08 Å². The number of Topliss-reactive ketones (excluding diaryl/α,β-unsaturated/α-hetero) is 1. The van der Waals surface area contributed by atoms with Gasteiger partial charge in [-0.1, -0.05) is 58.0 Å². The molecule has 3 rings (SSSR count). The second-order valence-corrected chi connectivity index (χ2v) is 11.8. The fourth-order valence-electron chi connectivity index (χ4n) is 4.78. The van der Waals surface area contributed by atoms with Crippen LogP contribution < -0.4 is 15.4 Å². The minimum Gasteiger partial charge on any atom is -0.482 e. The maximum atomic E-state index is 14.5. The SMILES string of the molecule is CC/C=C/c1c(F)cc(F)c(F)c1OCC(=O)[C@H](CC(=O)O)NC(=O)[C@@H]1CN(C(=O)C(=O)Nc2ccccc2C(C)(C)C)CCCO1. The van der Waals surface area contributed by atoms with Crippen molar-refractivity contribution in [2.24, 2.45) is 0 Å². The Hall–Kier alpha value is -4.72. The van der Waals surface area contributed by atoms with E-state index in [1.54, 1.807) is 19.1 Å². The first-order valence-electron chi connectivity index (χ1n) is 15.0. The highest BCUT2D eigenvalue weighted by Crippen LogP contribution is 2.30. The van der Waals surface area contributed by atoms with Crippen LogP contribution in [0.1, 0.15) is 58.1 Å². The number of amides is 3. The molecule has 2 aromatic rings. The van der Waals surface area contributed by atoms with Gasteiger partial charge in [0.05, 0.1) is 18.5 Å². The van der Waals surface area contributed by atoms with Gasteiger partial charge in [0, 0.05) is 24.9 Å². The number of carbonyl (C=O) groups is 5. The van der Waals surface area contributed by atoms with Crippen LogP contribution in [0.2, 0.25) is 0 Å². The molecule has 47 heavy (non-hydrogen) atoms. The van der Waals surface area contributed by atoms with Crippen molar-refractivity contribution in [1.29, 1.82) is 0 Å². The lowest BCUT2D eigenvalue weighted by atomic mass is 9.86. The minimum absolute atomic E-state index is 0.00939. The number of allylic oxidation sites excluding steroid dienone is 1. The smallest absolute Gasteiger partial charge is 0.313 e. The van der Waals surface area contributed by atoms with Gasteiger partial charge in [-0.3, -0.25) is 24.0 Å². The number of carboxylic acids is 1. The molecule has 2 atom stereocenters. The highest BCUT2D eigenvalue weighted by atomic mass is 19.2. The molecule has 1 fully saturated rings. The molecular weight excluding hydrogens is 623 g/mol. The number of ether oxygens (including phenoxy) is 2. The van der Waals surface area contributed by atoms with Crippen molar-refractivity contribution in [2.45, 2.75) is 64.5 Å². The number of rotatable bonds is 11. The van der Waals surface area contributed by atoms with Crippen molar-refractivity contribution in [3.8, 4) is 5.75 Å². The molecule has 0 saturated carbocycles. The van der Waals surface area contributed by atoms with Gasteiger partial charge >= 0.3 is 17.8 Å². The summed E-state index contributed by atoms with van der Waals surface area (Å²) < 4.78 is 53.5. The van der Waals surface area contributed by atoms with Crippen molar-refractivity contribution in [3.05, 3.63) is 65.0 Å². The summed E-state index contributed by atoms with van der Waals surface area (Å²) in [7, 11) is 0. The number of nitrogens with one attached hydrogen (secondary N) is 2. The van der Waals surface area contributed by atoms with Gasteiger partial charge in [0.15, 0.2) is 23.5 Å². The van der Waals surface area contributed by atoms with E-state index in [-0.39, 0.29) is 31.5 Å². The molecule has 0 radical (unpaired) electrons. The van der Waals surface area contributed by atoms with Crippen molar-refractivity contribution in [2.75, 3.05) is 31.6 Å². The number of hydrogen-bond donors (Lipinski definition) is 3. The van der Waals surface area contributed by atoms with Crippen LogP contribution in [0.15, 0.2) is 36.4 Å². The number of carbonyl (C=O) groups excluding carboxylic acids is 4. The number of aliphatic carboxylic acids is 1. The molecule has 0 bridgehead atoms. The third-order valence-electron chi connectivity index (χ3n) is 7.16. The Morgan fingerprint density at radius 1 is 1.13 bits per heavy atom. The molecule has 0 spiro atoms. The number of carboxylic acid groups (broad SMARTS) is 1. The predicted octanol–water partition coefficient (Wildman–Crippen LogP) is 3.99. The number of anilines is 1. The molecule has 0 unspecified atom stereocenters. The third kappa shape index (κ3) is 9.88. The van der Waals surface area contributed by atoms with Gasteiger partial charge in [0.25, 0.3) is 5.91 Å². The number of ketones is 1. The zero-order valence-corrected chi connectivity index (χ0v) is 26.5. The van der Waals surface area contributed by atoms with Crippen molar-refractivity contribution >= 4 is 41.2 Å². The second-order valence-electron chi connectivity index (χ2n) is 11.8. The Morgan fingerprint density at radius 3 is 2.49 bits per heavy atom. The van der Waals surface area contributed by atoms with E-state index in [0.717, 1.165) is 16.5 Å². The molecule has 0 aromatic heterocycles. The first-order chi connectivity index (χ1) is 22.1. The van der Waals surface area contributed by atoms with Crippen LogP contribution in [0.5, 0.6) is 5.75 Å².